The highest BCUT2D eigenvalue weighted by molar-refractivity contribution is 5.84. The fourth-order valence-electron chi connectivity index (χ4n) is 2.39. The Morgan fingerprint density at radius 2 is 2.04 bits per heavy atom. The number of nitrogens with zero attached hydrogens (tertiary/aromatic N) is 4. The minimum atomic E-state index is 0.236. The minimum Gasteiger partial charge on any atom is -0.489 e. The van der Waals surface area contributed by atoms with Gasteiger partial charge in [-0.25, -0.2) is 10.4 Å². The summed E-state index contributed by atoms with van der Waals surface area (Å²) in [6.07, 6.45) is 6.09. The standard InChI is InChI=1S/C16H22N6O/c1-21-9-10-22(2)15(21)12-23-14-5-3-13(4-6-14)11-19-20-16-17-7-8-18-16/h3-6,9-11,15H,7-8,12H2,1-2H3,(H2,17,18,20). The number of likely N-dealkylation sites (N-methyl/N-ethyl adjacent to an activating group) is 2. The van der Waals surface area contributed by atoms with Crippen molar-refractivity contribution in [2.24, 2.45) is 10.1 Å². The molecule has 1 aromatic carbocycles. The first-order chi connectivity index (χ1) is 11.2. The van der Waals surface area contributed by atoms with E-state index in [0.717, 1.165) is 30.4 Å². The molecular formula is C16H22N6O. The fraction of sp³-hybridized carbons (Fsp3) is 0.375. The summed E-state index contributed by atoms with van der Waals surface area (Å²) in [6, 6.07) is 7.86. The third kappa shape index (κ3) is 3.94. The summed E-state index contributed by atoms with van der Waals surface area (Å²) in [5.74, 6) is 1.57. The third-order valence-electron chi connectivity index (χ3n) is 3.81. The number of hydrogen-bond donors (Lipinski definition) is 2. The van der Waals surface area contributed by atoms with Crippen molar-refractivity contribution in [2.75, 3.05) is 33.8 Å². The number of guanidine groups is 1. The van der Waals surface area contributed by atoms with Gasteiger partial charge in [0.15, 0.2) is 0 Å². The number of ether oxygens (including phenoxy) is 1. The largest absolute Gasteiger partial charge is 0.489 e. The van der Waals surface area contributed by atoms with Gasteiger partial charge in [-0.2, -0.15) is 5.10 Å². The van der Waals surface area contributed by atoms with Gasteiger partial charge in [-0.15, -0.1) is 0 Å². The predicted octanol–water partition coefficient (Wildman–Crippen LogP) is 0.623. The van der Waals surface area contributed by atoms with Gasteiger partial charge >= 0.3 is 0 Å². The summed E-state index contributed by atoms with van der Waals surface area (Å²) in [6.45, 7) is 2.27. The lowest BCUT2D eigenvalue weighted by Crippen LogP contribution is -2.39. The van der Waals surface area contributed by atoms with Crippen molar-refractivity contribution in [1.82, 2.24) is 20.5 Å². The first-order valence-electron chi connectivity index (χ1n) is 7.65. The number of aliphatic imine (C=N–C) groups is 1. The van der Waals surface area contributed by atoms with Crippen molar-refractivity contribution >= 4 is 12.2 Å². The lowest BCUT2D eigenvalue weighted by molar-refractivity contribution is 0.126. The van der Waals surface area contributed by atoms with E-state index in [2.05, 4.69) is 30.6 Å². The van der Waals surface area contributed by atoms with Crippen LogP contribution in [0.4, 0.5) is 0 Å². The van der Waals surface area contributed by atoms with Crippen molar-refractivity contribution in [3.63, 3.8) is 0 Å². The SMILES string of the molecule is CN1C=CN(C)C1COc1ccc(C=NNC2=NCCN2)cc1. The molecule has 0 spiro atoms. The van der Waals surface area contributed by atoms with Crippen LogP contribution in [0.1, 0.15) is 5.56 Å². The topological polar surface area (TPSA) is 64.5 Å². The van der Waals surface area contributed by atoms with E-state index >= 15 is 0 Å². The first-order valence-corrected chi connectivity index (χ1v) is 7.65. The molecule has 7 heteroatoms. The van der Waals surface area contributed by atoms with Gasteiger partial charge in [-0.3, -0.25) is 0 Å². The molecule has 0 atom stereocenters. The second kappa shape index (κ2) is 7.04. The Balaban J connectivity index is 1.48. The smallest absolute Gasteiger partial charge is 0.212 e. The second-order valence-electron chi connectivity index (χ2n) is 5.52. The molecule has 2 aliphatic heterocycles. The van der Waals surface area contributed by atoms with E-state index in [9.17, 15) is 0 Å². The molecule has 0 saturated carbocycles. The Morgan fingerprint density at radius 1 is 1.30 bits per heavy atom. The maximum absolute atomic E-state index is 5.86. The van der Waals surface area contributed by atoms with E-state index in [4.69, 9.17) is 4.74 Å². The summed E-state index contributed by atoms with van der Waals surface area (Å²) < 4.78 is 5.86. The zero-order valence-electron chi connectivity index (χ0n) is 13.4. The van der Waals surface area contributed by atoms with Crippen LogP contribution in [0, 0.1) is 0 Å². The molecule has 0 aromatic heterocycles. The molecule has 7 nitrogen and oxygen atoms in total. The van der Waals surface area contributed by atoms with Gasteiger partial charge in [0.05, 0.1) is 12.8 Å². The van der Waals surface area contributed by atoms with Crippen molar-refractivity contribution in [3.05, 3.63) is 42.2 Å². The summed E-state index contributed by atoms with van der Waals surface area (Å²) in [5, 5.41) is 7.25. The minimum absolute atomic E-state index is 0.236. The molecule has 0 fully saturated rings. The molecule has 0 radical (unpaired) electrons. The molecule has 0 saturated heterocycles. The molecule has 23 heavy (non-hydrogen) atoms. The summed E-state index contributed by atoms with van der Waals surface area (Å²) in [7, 11) is 4.09. The zero-order valence-corrected chi connectivity index (χ0v) is 13.4. The third-order valence-corrected chi connectivity index (χ3v) is 3.81. The Kier molecular flexibility index (Phi) is 4.65. The lowest BCUT2D eigenvalue weighted by Gasteiger charge is -2.27. The van der Waals surface area contributed by atoms with Crippen LogP contribution in [0.25, 0.3) is 0 Å². The second-order valence-corrected chi connectivity index (χ2v) is 5.52. The number of nitrogens with one attached hydrogen (secondary N) is 2. The van der Waals surface area contributed by atoms with Crippen LogP contribution >= 0.6 is 0 Å². The number of hydrogen-bond acceptors (Lipinski definition) is 7. The first kappa shape index (κ1) is 15.2. The lowest BCUT2D eigenvalue weighted by atomic mass is 10.2. The van der Waals surface area contributed by atoms with Crippen LogP contribution in [0.15, 0.2) is 46.8 Å². The van der Waals surface area contributed by atoms with Crippen LogP contribution < -0.4 is 15.5 Å². The fourth-order valence-corrected chi connectivity index (χ4v) is 2.39. The van der Waals surface area contributed by atoms with Crippen LogP contribution in [0.5, 0.6) is 5.75 Å². The van der Waals surface area contributed by atoms with Crippen LogP contribution in [0.3, 0.4) is 0 Å². The van der Waals surface area contributed by atoms with E-state index in [1.165, 1.54) is 0 Å². The van der Waals surface area contributed by atoms with Crippen LogP contribution in [-0.4, -0.2) is 61.9 Å². The highest BCUT2D eigenvalue weighted by Gasteiger charge is 2.20. The van der Waals surface area contributed by atoms with E-state index in [1.807, 2.05) is 50.8 Å². The Hall–Kier alpha value is -2.70. The molecule has 2 N–H and O–H groups in total. The zero-order chi connectivity index (χ0) is 16.1. The molecule has 0 aliphatic carbocycles. The monoisotopic (exact) mass is 314 g/mol. The molecular weight excluding hydrogens is 292 g/mol. The Labute approximate surface area is 136 Å². The molecule has 0 bridgehead atoms. The summed E-state index contributed by atoms with van der Waals surface area (Å²) >= 11 is 0. The Morgan fingerprint density at radius 3 is 2.70 bits per heavy atom. The van der Waals surface area contributed by atoms with E-state index in [0.29, 0.717) is 6.61 Å². The molecule has 122 valence electrons. The van der Waals surface area contributed by atoms with Crippen molar-refractivity contribution in [1.29, 1.82) is 0 Å². The van der Waals surface area contributed by atoms with Crippen molar-refractivity contribution in [2.45, 2.75) is 6.17 Å². The molecule has 0 amide bonds. The predicted molar refractivity (Wildman–Crippen MR) is 91.4 cm³/mol. The average Bonchev–Trinajstić information content (AvgIpc) is 3.18. The maximum atomic E-state index is 5.86. The quantitative estimate of drug-likeness (QED) is 0.616. The van der Waals surface area contributed by atoms with Gasteiger partial charge in [0, 0.05) is 33.0 Å². The van der Waals surface area contributed by atoms with E-state index in [1.54, 1.807) is 6.21 Å². The van der Waals surface area contributed by atoms with Gasteiger partial charge < -0.3 is 19.9 Å². The van der Waals surface area contributed by atoms with Crippen LogP contribution in [0.2, 0.25) is 0 Å². The maximum Gasteiger partial charge on any atom is 0.212 e. The van der Waals surface area contributed by atoms with Gasteiger partial charge in [-0.05, 0) is 29.8 Å². The van der Waals surface area contributed by atoms with Crippen molar-refractivity contribution < 1.29 is 4.74 Å². The average molecular weight is 314 g/mol. The van der Waals surface area contributed by atoms with Gasteiger partial charge in [-0.1, -0.05) is 0 Å². The number of rotatable bonds is 5. The summed E-state index contributed by atoms with van der Waals surface area (Å²) in [5.41, 5.74) is 3.88. The number of hydrazone groups is 1. The van der Waals surface area contributed by atoms with E-state index in [-0.39, 0.29) is 6.17 Å². The van der Waals surface area contributed by atoms with Crippen LogP contribution in [-0.2, 0) is 0 Å². The Bertz CT molecular complexity index is 598. The molecule has 3 rings (SSSR count). The van der Waals surface area contributed by atoms with Crippen molar-refractivity contribution in [3.8, 4) is 5.75 Å². The molecule has 1 aromatic rings. The number of benzene rings is 1. The van der Waals surface area contributed by atoms with E-state index < -0.39 is 0 Å². The van der Waals surface area contributed by atoms with Gasteiger partial charge in [0.25, 0.3) is 0 Å². The molecule has 2 aliphatic rings. The van der Waals surface area contributed by atoms with Gasteiger partial charge in [0.2, 0.25) is 5.96 Å². The highest BCUT2D eigenvalue weighted by atomic mass is 16.5. The van der Waals surface area contributed by atoms with Gasteiger partial charge in [0.1, 0.15) is 18.5 Å². The highest BCUT2D eigenvalue weighted by Crippen LogP contribution is 2.15. The molecule has 0 unspecified atom stereocenters. The summed E-state index contributed by atoms with van der Waals surface area (Å²) in [4.78, 5) is 8.47. The molecule has 2 heterocycles. The normalized spacial score (nSPS) is 17.7.